The summed E-state index contributed by atoms with van der Waals surface area (Å²) >= 11 is 0. The second-order valence-electron chi connectivity index (χ2n) is 8.47. The molecule has 0 spiro atoms. The van der Waals surface area contributed by atoms with Gasteiger partial charge in [0.1, 0.15) is 17.1 Å². The molecule has 0 atom stereocenters. The smallest absolute Gasteiger partial charge is 0.144 e. The molecule has 1 heterocycles. The molecule has 0 aliphatic rings. The van der Waals surface area contributed by atoms with Crippen LogP contribution in [0.2, 0.25) is 0 Å². The summed E-state index contributed by atoms with van der Waals surface area (Å²) in [6.45, 7) is 6.58. The van der Waals surface area contributed by atoms with E-state index in [1.54, 1.807) is 7.11 Å². The van der Waals surface area contributed by atoms with Crippen LogP contribution >= 0.6 is 0 Å². The molecule has 0 saturated carbocycles. The predicted molar refractivity (Wildman–Crippen MR) is 128 cm³/mol. The van der Waals surface area contributed by atoms with Gasteiger partial charge >= 0.3 is 0 Å². The molecule has 1 aromatic heterocycles. The first-order chi connectivity index (χ1) is 15.0. The zero-order valence-electron chi connectivity index (χ0n) is 18.4. The molecule has 0 aliphatic heterocycles. The van der Waals surface area contributed by atoms with Gasteiger partial charge in [-0.05, 0) is 35.2 Å². The number of hydrogen-bond acceptors (Lipinski definition) is 3. The molecule has 4 heteroatoms. The first-order valence-electron chi connectivity index (χ1n) is 10.4. The van der Waals surface area contributed by atoms with Gasteiger partial charge in [-0.3, -0.25) is 4.99 Å². The van der Waals surface area contributed by atoms with Crippen LogP contribution < -0.4 is 4.74 Å². The highest BCUT2D eigenvalue weighted by atomic mass is 16.5. The Bertz CT molecular complexity index is 1190. The van der Waals surface area contributed by atoms with Gasteiger partial charge in [0.25, 0.3) is 0 Å². The normalized spacial score (nSPS) is 11.7. The largest absolute Gasteiger partial charge is 0.494 e. The van der Waals surface area contributed by atoms with E-state index in [1.807, 2.05) is 71.7 Å². The van der Waals surface area contributed by atoms with E-state index in [2.05, 4.69) is 45.0 Å². The highest BCUT2D eigenvalue weighted by Crippen LogP contribution is 2.33. The zero-order chi connectivity index (χ0) is 21.8. The number of ether oxygens (including phenoxy) is 1. The number of aliphatic imine (C=N–C) groups is 1. The second-order valence-corrected chi connectivity index (χ2v) is 8.47. The van der Waals surface area contributed by atoms with Crippen molar-refractivity contribution in [1.29, 1.82) is 0 Å². The first kappa shape index (κ1) is 20.6. The summed E-state index contributed by atoms with van der Waals surface area (Å²) in [6, 6.07) is 26.5. The van der Waals surface area contributed by atoms with E-state index in [1.165, 1.54) is 5.56 Å². The Morgan fingerprint density at radius 1 is 0.903 bits per heavy atom. The lowest BCUT2D eigenvalue weighted by atomic mass is 9.87. The Morgan fingerprint density at radius 2 is 1.58 bits per heavy atom. The fourth-order valence-corrected chi connectivity index (χ4v) is 3.41. The summed E-state index contributed by atoms with van der Waals surface area (Å²) in [5, 5.41) is 4.86. The molecule has 4 nitrogen and oxygen atoms in total. The van der Waals surface area contributed by atoms with Crippen molar-refractivity contribution >= 4 is 11.9 Å². The van der Waals surface area contributed by atoms with Crippen molar-refractivity contribution in [3.63, 3.8) is 0 Å². The Kier molecular flexibility index (Phi) is 5.72. The number of aromatic nitrogens is 2. The molecule has 3 aromatic carbocycles. The number of hydrogen-bond donors (Lipinski definition) is 0. The van der Waals surface area contributed by atoms with E-state index >= 15 is 0 Å². The van der Waals surface area contributed by atoms with E-state index in [-0.39, 0.29) is 5.41 Å². The maximum absolute atomic E-state index is 5.56. The number of nitrogens with zero attached hydrogens (tertiary/aromatic N) is 3. The molecule has 0 saturated heterocycles. The number of rotatable bonds is 5. The molecule has 0 amide bonds. The lowest BCUT2D eigenvalue weighted by molar-refractivity contribution is 0.415. The number of benzene rings is 3. The quantitative estimate of drug-likeness (QED) is 0.349. The lowest BCUT2D eigenvalue weighted by Gasteiger charge is -2.20. The van der Waals surface area contributed by atoms with Gasteiger partial charge in [0.2, 0.25) is 0 Å². The van der Waals surface area contributed by atoms with E-state index in [0.29, 0.717) is 0 Å². The molecule has 156 valence electrons. The van der Waals surface area contributed by atoms with E-state index in [4.69, 9.17) is 14.8 Å². The SMILES string of the molecule is COc1ccc(C(C)(C)C)cc1N=Cc1cn(-c2ccccc2)nc1-c1ccccc1. The van der Waals surface area contributed by atoms with Crippen molar-refractivity contribution in [2.45, 2.75) is 26.2 Å². The standard InChI is InChI=1S/C27H27N3O/c1-27(2,3)22-15-16-25(31-4)24(17-22)28-18-21-19-30(23-13-9-6-10-14-23)29-26(21)20-11-7-5-8-12-20/h5-19H,1-4H3. The zero-order valence-corrected chi connectivity index (χ0v) is 18.4. The van der Waals surface area contributed by atoms with Crippen LogP contribution in [0.25, 0.3) is 16.9 Å². The Balaban J connectivity index is 1.79. The van der Waals surface area contributed by atoms with Crippen LogP contribution in [-0.2, 0) is 5.41 Å². The molecule has 0 radical (unpaired) electrons. The minimum atomic E-state index is 0.0317. The highest BCUT2D eigenvalue weighted by molar-refractivity contribution is 5.90. The Hall–Kier alpha value is -3.66. The molecule has 0 N–H and O–H groups in total. The number of methoxy groups -OCH3 is 1. The first-order valence-corrected chi connectivity index (χ1v) is 10.4. The second kappa shape index (κ2) is 8.60. The Labute approximate surface area is 183 Å². The van der Waals surface area contributed by atoms with Crippen LogP contribution in [0.1, 0.15) is 31.9 Å². The summed E-state index contributed by atoms with van der Waals surface area (Å²) in [4.78, 5) is 4.81. The van der Waals surface area contributed by atoms with Crippen LogP contribution in [0, 0.1) is 0 Å². The molecular formula is C27H27N3O. The van der Waals surface area contributed by atoms with E-state index < -0.39 is 0 Å². The molecule has 0 fully saturated rings. The Morgan fingerprint density at radius 3 is 2.23 bits per heavy atom. The van der Waals surface area contributed by atoms with Crippen molar-refractivity contribution in [2.75, 3.05) is 7.11 Å². The minimum absolute atomic E-state index is 0.0317. The lowest BCUT2D eigenvalue weighted by Crippen LogP contribution is -2.10. The van der Waals surface area contributed by atoms with Crippen LogP contribution in [-0.4, -0.2) is 23.1 Å². The molecule has 0 bridgehead atoms. The van der Waals surface area contributed by atoms with Gasteiger partial charge in [-0.15, -0.1) is 0 Å². The average Bonchev–Trinajstić information content (AvgIpc) is 3.22. The highest BCUT2D eigenvalue weighted by Gasteiger charge is 2.16. The maximum atomic E-state index is 5.56. The maximum Gasteiger partial charge on any atom is 0.144 e. The minimum Gasteiger partial charge on any atom is -0.494 e. The van der Waals surface area contributed by atoms with Gasteiger partial charge in [-0.1, -0.05) is 75.4 Å². The molecule has 0 unspecified atom stereocenters. The topological polar surface area (TPSA) is 39.4 Å². The van der Waals surface area contributed by atoms with Crippen LogP contribution in [0.3, 0.4) is 0 Å². The molecular weight excluding hydrogens is 382 g/mol. The summed E-state index contributed by atoms with van der Waals surface area (Å²) in [5.74, 6) is 0.751. The molecule has 4 rings (SSSR count). The van der Waals surface area contributed by atoms with Crippen LogP contribution in [0.15, 0.2) is 90.1 Å². The van der Waals surface area contributed by atoms with Crippen LogP contribution in [0.4, 0.5) is 5.69 Å². The monoisotopic (exact) mass is 409 g/mol. The fourth-order valence-electron chi connectivity index (χ4n) is 3.41. The van der Waals surface area contributed by atoms with Gasteiger partial charge < -0.3 is 4.74 Å². The molecule has 31 heavy (non-hydrogen) atoms. The van der Waals surface area contributed by atoms with Crippen LogP contribution in [0.5, 0.6) is 5.75 Å². The van der Waals surface area contributed by atoms with E-state index in [0.717, 1.165) is 33.9 Å². The third-order valence-electron chi connectivity index (χ3n) is 5.20. The average molecular weight is 410 g/mol. The number of para-hydroxylation sites is 1. The summed E-state index contributed by atoms with van der Waals surface area (Å²) in [5.41, 5.74) is 5.94. The van der Waals surface area contributed by atoms with Gasteiger partial charge in [0.15, 0.2) is 0 Å². The summed E-state index contributed by atoms with van der Waals surface area (Å²) in [6.07, 6.45) is 3.89. The predicted octanol–water partition coefficient (Wildman–Crippen LogP) is 6.60. The molecule has 0 aliphatic carbocycles. The third-order valence-corrected chi connectivity index (χ3v) is 5.20. The van der Waals surface area contributed by atoms with Gasteiger partial charge in [-0.2, -0.15) is 5.10 Å². The van der Waals surface area contributed by atoms with Crippen molar-refractivity contribution in [3.8, 4) is 22.7 Å². The summed E-state index contributed by atoms with van der Waals surface area (Å²) < 4.78 is 7.45. The van der Waals surface area contributed by atoms with Crippen molar-refractivity contribution < 1.29 is 4.74 Å². The summed E-state index contributed by atoms with van der Waals surface area (Å²) in [7, 11) is 1.67. The van der Waals surface area contributed by atoms with Gasteiger partial charge in [0.05, 0.1) is 12.8 Å². The van der Waals surface area contributed by atoms with E-state index in [9.17, 15) is 0 Å². The van der Waals surface area contributed by atoms with Crippen molar-refractivity contribution in [1.82, 2.24) is 9.78 Å². The molecule has 4 aromatic rings. The van der Waals surface area contributed by atoms with Crippen molar-refractivity contribution in [3.05, 3.63) is 96.2 Å². The third kappa shape index (κ3) is 4.58. The van der Waals surface area contributed by atoms with Crippen molar-refractivity contribution in [2.24, 2.45) is 4.99 Å². The fraction of sp³-hybridized carbons (Fsp3) is 0.185. The van der Waals surface area contributed by atoms with Gasteiger partial charge in [-0.25, -0.2) is 4.68 Å². The van der Waals surface area contributed by atoms with Gasteiger partial charge in [0, 0.05) is 23.5 Å².